The molecule has 2 aromatic rings. The number of aryl methyl sites for hydroxylation is 1. The Kier molecular flexibility index (Phi) is 3.11. The predicted octanol–water partition coefficient (Wildman–Crippen LogP) is 0.280. The molecule has 8 heteroatoms. The van der Waals surface area contributed by atoms with E-state index < -0.39 is 5.79 Å². The minimum absolute atomic E-state index is 0.0947. The van der Waals surface area contributed by atoms with E-state index in [1.807, 2.05) is 6.92 Å². The van der Waals surface area contributed by atoms with E-state index in [-0.39, 0.29) is 11.8 Å². The molecule has 3 rings (SSSR count). The zero-order chi connectivity index (χ0) is 14.2. The van der Waals surface area contributed by atoms with Crippen molar-refractivity contribution in [2.24, 2.45) is 0 Å². The van der Waals surface area contributed by atoms with E-state index in [9.17, 15) is 0 Å². The zero-order valence-electron chi connectivity index (χ0n) is 11.2. The largest absolute Gasteiger partial charge is 0.382 e. The van der Waals surface area contributed by atoms with Gasteiger partial charge in [0.05, 0.1) is 25.1 Å². The van der Waals surface area contributed by atoms with Gasteiger partial charge in [-0.2, -0.15) is 9.97 Å². The lowest BCUT2D eigenvalue weighted by molar-refractivity contribution is -0.146. The summed E-state index contributed by atoms with van der Waals surface area (Å²) in [6.07, 6.45) is 3.03. The lowest BCUT2D eigenvalue weighted by Crippen LogP contribution is -2.26. The van der Waals surface area contributed by atoms with Gasteiger partial charge in [-0.3, -0.25) is 0 Å². The van der Waals surface area contributed by atoms with Gasteiger partial charge in [0.1, 0.15) is 0 Å². The Labute approximate surface area is 115 Å². The molecule has 1 fully saturated rings. The first kappa shape index (κ1) is 12.9. The highest BCUT2D eigenvalue weighted by Gasteiger charge is 2.30. The van der Waals surface area contributed by atoms with E-state index in [4.69, 9.17) is 20.9 Å². The van der Waals surface area contributed by atoms with Gasteiger partial charge in [-0.25, -0.2) is 9.97 Å². The number of fused-ring (bicyclic) bond motifs is 1. The molecule has 1 aliphatic rings. The average molecular weight is 276 g/mol. The molecular formula is C12H16N6O2. The Morgan fingerprint density at radius 1 is 1.20 bits per heavy atom. The molecule has 1 saturated heterocycles. The molecule has 0 spiro atoms. The lowest BCUT2D eigenvalue weighted by atomic mass is 10.1. The Morgan fingerprint density at radius 3 is 2.70 bits per heavy atom. The molecule has 0 unspecified atom stereocenters. The molecule has 0 atom stereocenters. The summed E-state index contributed by atoms with van der Waals surface area (Å²) in [4.78, 5) is 16.5. The standard InChI is InChI=1S/C12H16N6O2/c1-12(19-4-5-20-12)3-2-7-6-15-10-8(16-7)9(13)17-11(14)18-10/h6H,2-5H2,1H3,(H4,13,14,15,17,18). The maximum absolute atomic E-state index is 5.79. The van der Waals surface area contributed by atoms with Gasteiger partial charge < -0.3 is 20.9 Å². The highest BCUT2D eigenvalue weighted by molar-refractivity contribution is 5.81. The molecule has 2 aromatic heterocycles. The molecule has 0 amide bonds. The van der Waals surface area contributed by atoms with Crippen molar-refractivity contribution in [2.45, 2.75) is 25.6 Å². The highest BCUT2D eigenvalue weighted by Crippen LogP contribution is 2.24. The van der Waals surface area contributed by atoms with Crippen molar-refractivity contribution in [1.82, 2.24) is 19.9 Å². The lowest BCUT2D eigenvalue weighted by Gasteiger charge is -2.21. The van der Waals surface area contributed by atoms with Gasteiger partial charge in [-0.15, -0.1) is 0 Å². The van der Waals surface area contributed by atoms with Crippen LogP contribution in [0.3, 0.4) is 0 Å². The normalized spacial score (nSPS) is 17.6. The van der Waals surface area contributed by atoms with Gasteiger partial charge >= 0.3 is 0 Å². The van der Waals surface area contributed by atoms with E-state index in [1.165, 1.54) is 0 Å². The molecule has 0 radical (unpaired) electrons. The predicted molar refractivity (Wildman–Crippen MR) is 72.6 cm³/mol. The second kappa shape index (κ2) is 4.80. The van der Waals surface area contributed by atoms with Crippen LogP contribution in [0.2, 0.25) is 0 Å². The minimum Gasteiger partial charge on any atom is -0.382 e. The van der Waals surface area contributed by atoms with Crippen LogP contribution in [-0.2, 0) is 15.9 Å². The van der Waals surface area contributed by atoms with Crippen LogP contribution in [0.15, 0.2) is 6.20 Å². The van der Waals surface area contributed by atoms with Gasteiger partial charge in [0.2, 0.25) is 5.95 Å². The number of hydrogen-bond acceptors (Lipinski definition) is 8. The molecule has 0 aliphatic carbocycles. The van der Waals surface area contributed by atoms with E-state index in [2.05, 4.69) is 19.9 Å². The zero-order valence-corrected chi connectivity index (χ0v) is 11.2. The van der Waals surface area contributed by atoms with Gasteiger partial charge in [0.25, 0.3) is 0 Å². The fourth-order valence-electron chi connectivity index (χ4n) is 2.16. The Morgan fingerprint density at radius 2 is 1.95 bits per heavy atom. The van der Waals surface area contributed by atoms with E-state index in [0.29, 0.717) is 37.2 Å². The average Bonchev–Trinajstić information content (AvgIpc) is 2.84. The van der Waals surface area contributed by atoms with Crippen molar-refractivity contribution in [3.8, 4) is 0 Å². The van der Waals surface area contributed by atoms with Crippen LogP contribution in [0.1, 0.15) is 19.0 Å². The number of nitrogen functional groups attached to an aromatic ring is 2. The van der Waals surface area contributed by atoms with Crippen molar-refractivity contribution < 1.29 is 9.47 Å². The monoisotopic (exact) mass is 276 g/mol. The number of anilines is 2. The minimum atomic E-state index is -0.542. The first-order valence-electron chi connectivity index (χ1n) is 6.38. The van der Waals surface area contributed by atoms with Crippen LogP contribution in [0.5, 0.6) is 0 Å². The second-order valence-corrected chi connectivity index (χ2v) is 4.83. The van der Waals surface area contributed by atoms with Crippen molar-refractivity contribution in [1.29, 1.82) is 0 Å². The molecule has 0 aromatic carbocycles. The molecule has 3 heterocycles. The van der Waals surface area contributed by atoms with E-state index in [0.717, 1.165) is 5.69 Å². The smallest absolute Gasteiger partial charge is 0.224 e. The van der Waals surface area contributed by atoms with Crippen molar-refractivity contribution in [3.63, 3.8) is 0 Å². The van der Waals surface area contributed by atoms with Crippen LogP contribution in [0.25, 0.3) is 11.2 Å². The van der Waals surface area contributed by atoms with Crippen LogP contribution in [0, 0.1) is 0 Å². The number of rotatable bonds is 3. The van der Waals surface area contributed by atoms with Gasteiger partial charge in [-0.05, 0) is 13.3 Å². The van der Waals surface area contributed by atoms with Crippen LogP contribution < -0.4 is 11.5 Å². The maximum Gasteiger partial charge on any atom is 0.224 e. The summed E-state index contributed by atoms with van der Waals surface area (Å²) in [5.41, 5.74) is 13.0. The number of nitrogens with zero attached hydrogens (tertiary/aromatic N) is 4. The number of nitrogens with two attached hydrogens (primary N) is 2. The third-order valence-corrected chi connectivity index (χ3v) is 3.23. The molecule has 20 heavy (non-hydrogen) atoms. The summed E-state index contributed by atoms with van der Waals surface area (Å²) in [7, 11) is 0. The molecular weight excluding hydrogens is 260 g/mol. The number of aromatic nitrogens is 4. The molecule has 1 aliphatic heterocycles. The third kappa shape index (κ3) is 2.47. The summed E-state index contributed by atoms with van der Waals surface area (Å²) >= 11 is 0. The highest BCUT2D eigenvalue weighted by atomic mass is 16.7. The molecule has 8 nitrogen and oxygen atoms in total. The van der Waals surface area contributed by atoms with E-state index >= 15 is 0 Å². The van der Waals surface area contributed by atoms with Crippen LogP contribution in [-0.4, -0.2) is 38.9 Å². The number of hydrogen-bond donors (Lipinski definition) is 2. The summed E-state index contributed by atoms with van der Waals surface area (Å²) < 4.78 is 11.1. The fraction of sp³-hybridized carbons (Fsp3) is 0.500. The molecule has 4 N–H and O–H groups in total. The van der Waals surface area contributed by atoms with E-state index in [1.54, 1.807) is 6.20 Å². The van der Waals surface area contributed by atoms with Gasteiger partial charge in [-0.1, -0.05) is 0 Å². The second-order valence-electron chi connectivity index (χ2n) is 4.83. The third-order valence-electron chi connectivity index (χ3n) is 3.23. The van der Waals surface area contributed by atoms with Crippen LogP contribution >= 0.6 is 0 Å². The van der Waals surface area contributed by atoms with Crippen molar-refractivity contribution in [3.05, 3.63) is 11.9 Å². The quantitative estimate of drug-likeness (QED) is 0.819. The van der Waals surface area contributed by atoms with Crippen molar-refractivity contribution in [2.75, 3.05) is 24.7 Å². The van der Waals surface area contributed by atoms with Crippen molar-refractivity contribution >= 4 is 22.9 Å². The molecule has 106 valence electrons. The molecule has 0 saturated carbocycles. The topological polar surface area (TPSA) is 122 Å². The van der Waals surface area contributed by atoms with Gasteiger partial charge in [0, 0.05) is 6.42 Å². The Balaban J connectivity index is 1.82. The summed E-state index contributed by atoms with van der Waals surface area (Å²) in [5, 5.41) is 0. The summed E-state index contributed by atoms with van der Waals surface area (Å²) in [6.45, 7) is 3.17. The van der Waals surface area contributed by atoms with Gasteiger partial charge in [0.15, 0.2) is 22.8 Å². The first-order chi connectivity index (χ1) is 9.56. The summed E-state index contributed by atoms with van der Waals surface area (Å²) in [5.74, 6) is -0.210. The first-order valence-corrected chi connectivity index (χ1v) is 6.38. The Bertz CT molecular complexity index is 641. The Hall–Kier alpha value is -2.06. The fourth-order valence-corrected chi connectivity index (χ4v) is 2.16. The maximum atomic E-state index is 5.79. The van der Waals surface area contributed by atoms with Crippen LogP contribution in [0.4, 0.5) is 11.8 Å². The summed E-state index contributed by atoms with van der Waals surface area (Å²) in [6, 6.07) is 0. The number of ether oxygens (including phenoxy) is 2. The molecule has 0 bridgehead atoms. The SMILES string of the molecule is CC1(CCc2cnc3nc(N)nc(N)c3n2)OCCO1.